The Bertz CT molecular complexity index is 611. The highest BCUT2D eigenvalue weighted by Crippen LogP contribution is 2.21. The first-order chi connectivity index (χ1) is 9.11. The Hall–Kier alpha value is -1.65. The fourth-order valence-corrected chi connectivity index (χ4v) is 2.45. The van der Waals surface area contributed by atoms with Crippen LogP contribution in [-0.4, -0.2) is 11.0 Å². The van der Waals surface area contributed by atoms with Crippen molar-refractivity contribution < 1.29 is 9.90 Å². The molecule has 0 fully saturated rings. The Labute approximate surface area is 120 Å². The maximum atomic E-state index is 12.2. The van der Waals surface area contributed by atoms with Gasteiger partial charge in [-0.2, -0.15) is 0 Å². The van der Waals surface area contributed by atoms with Crippen LogP contribution in [0.2, 0.25) is 0 Å². The van der Waals surface area contributed by atoms with Crippen LogP contribution in [0.25, 0.3) is 0 Å². The quantitative estimate of drug-likeness (QED) is 0.909. The van der Waals surface area contributed by atoms with Crippen LogP contribution in [0.5, 0.6) is 0 Å². The summed E-state index contributed by atoms with van der Waals surface area (Å²) in [4.78, 5) is 12.2. The Kier molecular flexibility index (Phi) is 4.35. The predicted molar refractivity (Wildman–Crippen MR) is 79.2 cm³/mol. The number of halogens is 1. The molecule has 19 heavy (non-hydrogen) atoms. The van der Waals surface area contributed by atoms with Crippen molar-refractivity contribution in [3.63, 3.8) is 0 Å². The van der Waals surface area contributed by atoms with E-state index in [-0.39, 0.29) is 12.5 Å². The van der Waals surface area contributed by atoms with Crippen LogP contribution < -0.4 is 5.32 Å². The minimum atomic E-state index is -0.201. The van der Waals surface area contributed by atoms with Gasteiger partial charge in [0, 0.05) is 15.7 Å². The third-order valence-electron chi connectivity index (χ3n) is 2.81. The second-order valence-electron chi connectivity index (χ2n) is 4.25. The molecule has 0 radical (unpaired) electrons. The summed E-state index contributed by atoms with van der Waals surface area (Å²) in [5, 5.41) is 12.0. The molecule has 3 nitrogen and oxygen atoms in total. The number of aliphatic hydroxyl groups is 1. The van der Waals surface area contributed by atoms with E-state index in [2.05, 4.69) is 21.2 Å². The van der Waals surface area contributed by atoms with Crippen LogP contribution in [0.1, 0.15) is 21.5 Å². The van der Waals surface area contributed by atoms with E-state index in [4.69, 9.17) is 0 Å². The number of para-hydroxylation sites is 1. The average Bonchev–Trinajstić information content (AvgIpc) is 2.39. The highest BCUT2D eigenvalue weighted by atomic mass is 79.9. The van der Waals surface area contributed by atoms with Crippen molar-refractivity contribution in [2.75, 3.05) is 5.32 Å². The number of rotatable bonds is 3. The van der Waals surface area contributed by atoms with Gasteiger partial charge in [-0.15, -0.1) is 0 Å². The number of hydrogen-bond donors (Lipinski definition) is 2. The number of amides is 1. The standard InChI is InChI=1S/C15H14BrNO2/c1-10-6-7-12(13(16)8-10)15(19)17-14-5-3-2-4-11(14)9-18/h2-8,18H,9H2,1H3,(H,17,19). The van der Waals surface area contributed by atoms with Crippen LogP contribution in [-0.2, 0) is 6.61 Å². The SMILES string of the molecule is Cc1ccc(C(=O)Nc2ccccc2CO)c(Br)c1. The first kappa shape index (κ1) is 13.8. The summed E-state index contributed by atoms with van der Waals surface area (Å²) in [5.41, 5.74) is 2.97. The lowest BCUT2D eigenvalue weighted by Crippen LogP contribution is -2.14. The first-order valence-electron chi connectivity index (χ1n) is 5.88. The normalized spacial score (nSPS) is 10.3. The van der Waals surface area contributed by atoms with E-state index in [0.717, 1.165) is 10.0 Å². The number of anilines is 1. The summed E-state index contributed by atoms with van der Waals surface area (Å²) in [7, 11) is 0. The van der Waals surface area contributed by atoms with Gasteiger partial charge >= 0.3 is 0 Å². The average molecular weight is 320 g/mol. The van der Waals surface area contributed by atoms with E-state index in [1.165, 1.54) is 0 Å². The molecule has 1 amide bonds. The Balaban J connectivity index is 2.26. The van der Waals surface area contributed by atoms with Crippen molar-refractivity contribution in [1.82, 2.24) is 0 Å². The van der Waals surface area contributed by atoms with Crippen molar-refractivity contribution in [3.8, 4) is 0 Å². The van der Waals surface area contributed by atoms with Crippen molar-refractivity contribution in [1.29, 1.82) is 0 Å². The molecule has 2 rings (SSSR count). The maximum absolute atomic E-state index is 12.2. The lowest BCUT2D eigenvalue weighted by atomic mass is 10.1. The van der Waals surface area contributed by atoms with Gasteiger partial charge in [-0.1, -0.05) is 24.3 Å². The molecular formula is C15H14BrNO2. The second-order valence-corrected chi connectivity index (χ2v) is 5.11. The van der Waals surface area contributed by atoms with E-state index in [9.17, 15) is 9.90 Å². The van der Waals surface area contributed by atoms with E-state index in [0.29, 0.717) is 16.8 Å². The van der Waals surface area contributed by atoms with Crippen molar-refractivity contribution in [2.45, 2.75) is 13.5 Å². The summed E-state index contributed by atoms with van der Waals surface area (Å²) < 4.78 is 0.756. The zero-order valence-electron chi connectivity index (χ0n) is 10.5. The number of carbonyl (C=O) groups is 1. The van der Waals surface area contributed by atoms with Gasteiger partial charge in [0.2, 0.25) is 0 Å². The third kappa shape index (κ3) is 3.22. The van der Waals surface area contributed by atoms with Gasteiger partial charge in [-0.3, -0.25) is 4.79 Å². The summed E-state index contributed by atoms with van der Waals surface area (Å²) >= 11 is 3.39. The van der Waals surface area contributed by atoms with E-state index in [1.807, 2.05) is 31.2 Å². The second kappa shape index (κ2) is 5.99. The van der Waals surface area contributed by atoms with Gasteiger partial charge < -0.3 is 10.4 Å². The fourth-order valence-electron chi connectivity index (χ4n) is 1.77. The van der Waals surface area contributed by atoms with Gasteiger partial charge in [0.05, 0.1) is 12.2 Å². The monoisotopic (exact) mass is 319 g/mol. The third-order valence-corrected chi connectivity index (χ3v) is 3.46. The van der Waals surface area contributed by atoms with Gasteiger partial charge in [0.1, 0.15) is 0 Å². The highest BCUT2D eigenvalue weighted by molar-refractivity contribution is 9.10. The molecule has 0 aliphatic heterocycles. The van der Waals surface area contributed by atoms with Gasteiger partial charge in [0.15, 0.2) is 0 Å². The molecule has 2 aromatic carbocycles. The Morgan fingerprint density at radius 3 is 2.68 bits per heavy atom. The Morgan fingerprint density at radius 1 is 1.26 bits per heavy atom. The van der Waals surface area contributed by atoms with Crippen LogP contribution in [0, 0.1) is 6.92 Å². The molecule has 0 bridgehead atoms. The van der Waals surface area contributed by atoms with Crippen LogP contribution >= 0.6 is 15.9 Å². The lowest BCUT2D eigenvalue weighted by Gasteiger charge is -2.10. The van der Waals surface area contributed by atoms with Crippen LogP contribution in [0.15, 0.2) is 46.9 Å². The van der Waals surface area contributed by atoms with Gasteiger partial charge in [0.25, 0.3) is 5.91 Å². The molecule has 98 valence electrons. The number of hydrogen-bond acceptors (Lipinski definition) is 2. The lowest BCUT2D eigenvalue weighted by molar-refractivity contribution is 0.102. The maximum Gasteiger partial charge on any atom is 0.256 e. The van der Waals surface area contributed by atoms with Crippen LogP contribution in [0.4, 0.5) is 5.69 Å². The van der Waals surface area contributed by atoms with Gasteiger partial charge in [-0.25, -0.2) is 0 Å². The van der Waals surface area contributed by atoms with Gasteiger partial charge in [-0.05, 0) is 46.6 Å². The number of benzene rings is 2. The molecule has 0 aliphatic rings. The molecule has 0 heterocycles. The Morgan fingerprint density at radius 2 is 2.00 bits per heavy atom. The van der Waals surface area contributed by atoms with Crippen molar-refractivity contribution in [3.05, 3.63) is 63.6 Å². The topological polar surface area (TPSA) is 49.3 Å². The van der Waals surface area contributed by atoms with Crippen molar-refractivity contribution in [2.24, 2.45) is 0 Å². The predicted octanol–water partition coefficient (Wildman–Crippen LogP) is 3.50. The zero-order valence-corrected chi connectivity index (χ0v) is 12.1. The first-order valence-corrected chi connectivity index (χ1v) is 6.67. The molecule has 0 atom stereocenters. The van der Waals surface area contributed by atoms with Crippen molar-refractivity contribution >= 4 is 27.5 Å². The van der Waals surface area contributed by atoms with E-state index < -0.39 is 0 Å². The minimum absolute atomic E-state index is 0.106. The number of nitrogens with one attached hydrogen (secondary N) is 1. The molecule has 0 aromatic heterocycles. The molecule has 0 saturated carbocycles. The number of aryl methyl sites for hydroxylation is 1. The summed E-state index contributed by atoms with van der Waals surface area (Å²) in [5.74, 6) is -0.201. The minimum Gasteiger partial charge on any atom is -0.392 e. The number of aliphatic hydroxyl groups excluding tert-OH is 1. The number of carbonyl (C=O) groups excluding carboxylic acids is 1. The van der Waals surface area contributed by atoms with E-state index in [1.54, 1.807) is 18.2 Å². The smallest absolute Gasteiger partial charge is 0.256 e. The largest absolute Gasteiger partial charge is 0.392 e. The molecule has 2 N–H and O–H groups in total. The molecule has 4 heteroatoms. The van der Waals surface area contributed by atoms with E-state index >= 15 is 0 Å². The molecule has 2 aromatic rings. The zero-order chi connectivity index (χ0) is 13.8. The fraction of sp³-hybridized carbons (Fsp3) is 0.133. The molecule has 0 aliphatic carbocycles. The summed E-state index contributed by atoms with van der Waals surface area (Å²) in [6.45, 7) is 1.86. The molecular weight excluding hydrogens is 306 g/mol. The summed E-state index contributed by atoms with van der Waals surface area (Å²) in [6.07, 6.45) is 0. The highest BCUT2D eigenvalue weighted by Gasteiger charge is 2.11. The van der Waals surface area contributed by atoms with Crippen LogP contribution in [0.3, 0.4) is 0 Å². The molecule has 0 spiro atoms. The molecule has 0 unspecified atom stereocenters. The molecule has 0 saturated heterocycles. The summed E-state index contributed by atoms with van der Waals surface area (Å²) in [6, 6.07) is 12.7.